The number of rotatable bonds is 18. The number of nitriles is 1. The SMILES string of the molecule is Cc1cc(N=Nc2cc(OCCCS(=O)(=O)O)c(N=Nc3c(C)c(C#N)c4nc5c(Cl)cccc5n4c3O)cc2C)c(SCCCS(=O)(=O)O)cc1N=Nc1nc2c(S(=O)(=O)O)cc3ccc(S(=O)(=O)O)cc3c2s1.O=S(=O)=O.O=S(=O)=O. The number of imidazole rings is 1. The van der Waals surface area contributed by atoms with Crippen molar-refractivity contribution < 1.29 is 87.0 Å². The van der Waals surface area contributed by atoms with Gasteiger partial charge < -0.3 is 9.84 Å². The minimum Gasteiger partial charge on any atom is -0.493 e. The molecule has 5 N–H and O–H groups in total. The first kappa shape index (κ1) is 64.8. The van der Waals surface area contributed by atoms with Gasteiger partial charge in [0.05, 0.1) is 55.3 Å². The van der Waals surface area contributed by atoms with Crippen LogP contribution in [0.2, 0.25) is 5.02 Å². The maximum atomic E-state index is 12.4. The van der Waals surface area contributed by atoms with Crippen LogP contribution >= 0.6 is 34.7 Å². The van der Waals surface area contributed by atoms with Crippen molar-refractivity contribution in [1.29, 1.82) is 5.26 Å². The standard InChI is InChI=1S/C44H37ClN10O14S6.2O3S/c1-22-15-32(51-53-38-24(3)28(21-46)42-47-39-29(45)7-4-8-34(39)55(42)43(38)56)35(69-11-5-13-72(57,58)59)19-30(22)49-52-33-16-23(2)31(20-36(33)70-12-6-14-73(60,61)62)50-54-44-48-40-37(75(66,67)68)17-25-9-10-26(74(63,64)65)18-27(25)41(40)71-44;2*1-4(2)3/h4,7-10,15-20,56H,5-6,11-14H2,1-3H3,(H,57,58,59)(H,60,61,62)(H,63,64,65)(H,66,67,68);;. The molecule has 5 aromatic carbocycles. The van der Waals surface area contributed by atoms with E-state index in [1.54, 1.807) is 51.1 Å². The number of halogens is 1. The highest BCUT2D eigenvalue weighted by atomic mass is 35.5. The van der Waals surface area contributed by atoms with Gasteiger partial charge in [0, 0.05) is 21.9 Å². The van der Waals surface area contributed by atoms with Crippen molar-refractivity contribution in [3.8, 4) is 17.7 Å². The predicted molar refractivity (Wildman–Crippen MR) is 298 cm³/mol. The van der Waals surface area contributed by atoms with Crippen molar-refractivity contribution in [2.45, 2.75) is 48.3 Å². The zero-order chi connectivity index (χ0) is 61.5. The van der Waals surface area contributed by atoms with Gasteiger partial charge in [0.1, 0.15) is 39.0 Å². The maximum Gasteiger partial charge on any atom is 0.425 e. The Labute approximate surface area is 485 Å². The summed E-state index contributed by atoms with van der Waals surface area (Å²) in [6.07, 6.45) is -0.122. The fraction of sp³-hybridized carbons (Fsp3) is 0.205. The molecule has 0 amide bonds. The van der Waals surface area contributed by atoms with Crippen LogP contribution in [0.15, 0.2) is 112 Å². The summed E-state index contributed by atoms with van der Waals surface area (Å²) in [6.45, 7) is 4.64. The summed E-state index contributed by atoms with van der Waals surface area (Å²) in [5.41, 5.74) is 2.57. The molecular formula is C44H37ClN10O20S8. The molecule has 8 rings (SSSR count). The molecule has 0 saturated heterocycles. The molecule has 0 aliphatic heterocycles. The first-order valence-corrected chi connectivity index (χ1v) is 32.7. The number of para-hydroxylation sites is 1. The van der Waals surface area contributed by atoms with E-state index in [1.807, 2.05) is 0 Å². The smallest absolute Gasteiger partial charge is 0.425 e. The minimum atomic E-state index is -4.86. The molecule has 0 radical (unpaired) electrons. The van der Waals surface area contributed by atoms with Crippen molar-refractivity contribution in [3.63, 3.8) is 0 Å². The van der Waals surface area contributed by atoms with Crippen LogP contribution in [0.3, 0.4) is 0 Å². The van der Waals surface area contributed by atoms with Crippen molar-refractivity contribution >= 4 is 168 Å². The van der Waals surface area contributed by atoms with Crippen LogP contribution in [-0.4, -0.2) is 120 Å². The number of aryl methyl sites for hydroxylation is 2. The van der Waals surface area contributed by atoms with Gasteiger partial charge in [-0.05, 0) is 104 Å². The van der Waals surface area contributed by atoms with E-state index >= 15 is 0 Å². The molecule has 8 aromatic rings. The number of hydrogen-bond donors (Lipinski definition) is 5. The summed E-state index contributed by atoms with van der Waals surface area (Å²) in [6, 6.07) is 17.7. The number of fused-ring (bicyclic) bond motifs is 6. The third-order valence-corrected chi connectivity index (χ3v) is 16.8. The molecule has 30 nitrogen and oxygen atoms in total. The van der Waals surface area contributed by atoms with E-state index in [0.29, 0.717) is 27.1 Å². The highest BCUT2D eigenvalue weighted by Gasteiger charge is 2.24. The Balaban J connectivity index is 0.00000130. The molecular weight excluding hydrogens is 1280 g/mol. The number of thioether (sulfide) groups is 1. The molecule has 3 aromatic heterocycles. The van der Waals surface area contributed by atoms with Crippen LogP contribution in [-0.2, 0) is 61.7 Å². The first-order chi connectivity index (χ1) is 38.7. The van der Waals surface area contributed by atoms with E-state index in [0.717, 1.165) is 41.3 Å². The fourth-order valence-corrected chi connectivity index (χ4v) is 12.0. The third-order valence-electron chi connectivity index (χ3n) is 11.0. The van der Waals surface area contributed by atoms with Crippen LogP contribution in [0.5, 0.6) is 11.6 Å². The lowest BCUT2D eigenvalue weighted by Gasteiger charge is -2.12. The monoisotopic (exact) mass is 1320 g/mol. The molecule has 0 unspecified atom stereocenters. The molecule has 39 heteroatoms. The summed E-state index contributed by atoms with van der Waals surface area (Å²) in [5.74, 6) is -1.40. The molecule has 3 heterocycles. The van der Waals surface area contributed by atoms with Crippen molar-refractivity contribution in [3.05, 3.63) is 94.0 Å². The Morgan fingerprint density at radius 1 is 0.711 bits per heavy atom. The Bertz CT molecular complexity index is 4770. The van der Waals surface area contributed by atoms with E-state index in [9.17, 15) is 62.3 Å². The second kappa shape index (κ2) is 26.5. The average Bonchev–Trinajstić information content (AvgIpc) is 3.53. The van der Waals surface area contributed by atoms with Gasteiger partial charge in [0.2, 0.25) is 11.0 Å². The molecule has 0 bridgehead atoms. The van der Waals surface area contributed by atoms with E-state index in [2.05, 4.69) is 46.7 Å². The number of pyridine rings is 1. The van der Waals surface area contributed by atoms with Gasteiger partial charge >= 0.3 is 21.2 Å². The van der Waals surface area contributed by atoms with Gasteiger partial charge in [0.15, 0.2) is 11.3 Å². The van der Waals surface area contributed by atoms with Crippen molar-refractivity contribution in [2.75, 3.05) is 23.9 Å². The number of aromatic nitrogens is 3. The molecule has 0 aliphatic rings. The summed E-state index contributed by atoms with van der Waals surface area (Å²) in [7, 11) is -24.4. The van der Waals surface area contributed by atoms with E-state index in [4.69, 9.17) is 41.6 Å². The number of thiazole rings is 1. The summed E-state index contributed by atoms with van der Waals surface area (Å²) >= 11 is 8.34. The van der Waals surface area contributed by atoms with Crippen molar-refractivity contribution in [1.82, 2.24) is 14.4 Å². The van der Waals surface area contributed by atoms with Crippen molar-refractivity contribution in [2.24, 2.45) is 30.7 Å². The van der Waals surface area contributed by atoms with Crippen LogP contribution in [0.1, 0.15) is 35.1 Å². The highest BCUT2D eigenvalue weighted by Crippen LogP contribution is 2.44. The average molecular weight is 1320 g/mol. The molecule has 83 heavy (non-hydrogen) atoms. The quantitative estimate of drug-likeness (QED) is 0.0231. The number of hydrogen-bond acceptors (Lipinski definition) is 27. The zero-order valence-corrected chi connectivity index (χ0v) is 49.4. The van der Waals surface area contributed by atoms with E-state index < -0.39 is 88.9 Å². The number of azo groups is 3. The molecule has 0 saturated carbocycles. The van der Waals surface area contributed by atoms with Gasteiger partial charge in [-0.1, -0.05) is 35.1 Å². The number of aromatic hydroxyl groups is 1. The van der Waals surface area contributed by atoms with Gasteiger partial charge in [-0.3, -0.25) is 22.6 Å². The summed E-state index contributed by atoms with van der Waals surface area (Å²) in [5, 5.41) is 48.5. The number of ether oxygens (including phenoxy) is 1. The lowest BCUT2D eigenvalue weighted by molar-refractivity contribution is 0.317. The number of benzene rings is 5. The lowest BCUT2D eigenvalue weighted by atomic mass is 10.1. The Hall–Kier alpha value is -7.39. The highest BCUT2D eigenvalue weighted by molar-refractivity contribution is 7.99. The maximum absolute atomic E-state index is 12.4. The minimum absolute atomic E-state index is 0.0174. The van der Waals surface area contributed by atoms with Crippen LogP contribution in [0, 0.1) is 32.1 Å². The topological polar surface area (TPSA) is 477 Å². The van der Waals surface area contributed by atoms with Gasteiger partial charge in [-0.15, -0.1) is 62.6 Å². The van der Waals surface area contributed by atoms with E-state index in [1.165, 1.54) is 22.6 Å². The lowest BCUT2D eigenvalue weighted by Crippen LogP contribution is -2.08. The van der Waals surface area contributed by atoms with E-state index in [-0.39, 0.29) is 107 Å². The molecule has 0 atom stereocenters. The largest absolute Gasteiger partial charge is 0.493 e. The molecule has 0 fully saturated rings. The summed E-state index contributed by atoms with van der Waals surface area (Å²) in [4.78, 5) is 8.09. The van der Waals surface area contributed by atoms with Gasteiger partial charge in [-0.25, -0.2) is 9.97 Å². The first-order valence-electron chi connectivity index (χ1n) is 22.5. The van der Waals surface area contributed by atoms with Crippen LogP contribution < -0.4 is 4.74 Å². The predicted octanol–water partition coefficient (Wildman–Crippen LogP) is 9.16. The zero-order valence-electron chi connectivity index (χ0n) is 42.1. The molecule has 0 spiro atoms. The second-order valence-electron chi connectivity index (χ2n) is 16.7. The summed E-state index contributed by atoms with van der Waals surface area (Å²) < 4.78 is 191. The Morgan fingerprint density at radius 2 is 1.30 bits per heavy atom. The Kier molecular flexibility index (Phi) is 20.6. The van der Waals surface area contributed by atoms with Crippen LogP contribution in [0.25, 0.3) is 37.7 Å². The normalized spacial score (nSPS) is 12.3. The van der Waals surface area contributed by atoms with Gasteiger partial charge in [0.25, 0.3) is 40.5 Å². The molecule has 438 valence electrons. The van der Waals surface area contributed by atoms with Gasteiger partial charge in [-0.2, -0.15) is 44.0 Å². The third kappa shape index (κ3) is 16.9. The number of nitrogens with zero attached hydrogens (tertiary/aromatic N) is 10. The van der Waals surface area contributed by atoms with Crippen LogP contribution in [0.4, 0.5) is 33.6 Å². The molecule has 0 aliphatic carbocycles. The fourth-order valence-electron chi connectivity index (χ4n) is 7.47. The Morgan fingerprint density at radius 3 is 1.92 bits per heavy atom. The second-order valence-corrected chi connectivity index (χ2v) is 26.0.